The third-order valence-electron chi connectivity index (χ3n) is 6.93. The molecule has 0 bridgehead atoms. The molecule has 1 saturated heterocycles. The first kappa shape index (κ1) is 24.9. The van der Waals surface area contributed by atoms with Crippen LogP contribution in [0.4, 0.5) is 0 Å². The molecule has 0 unspecified atom stereocenters. The molecule has 37 heavy (non-hydrogen) atoms. The number of hydrogen-bond acceptors (Lipinski definition) is 6. The Bertz CT molecular complexity index is 1390. The third-order valence-corrected chi connectivity index (χ3v) is 6.93. The van der Waals surface area contributed by atoms with Crippen LogP contribution in [0, 0.1) is 6.92 Å². The maximum Gasteiger partial charge on any atom is 0.278 e. The summed E-state index contributed by atoms with van der Waals surface area (Å²) in [6.07, 6.45) is 0. The van der Waals surface area contributed by atoms with Gasteiger partial charge in [-0.15, -0.1) is 0 Å². The van der Waals surface area contributed by atoms with Crippen LogP contribution in [0.1, 0.15) is 48.0 Å². The van der Waals surface area contributed by atoms with Crippen molar-refractivity contribution in [2.45, 2.75) is 39.7 Å². The van der Waals surface area contributed by atoms with Gasteiger partial charge in [0, 0.05) is 43.0 Å². The van der Waals surface area contributed by atoms with Gasteiger partial charge in [0.05, 0.1) is 6.54 Å². The monoisotopic (exact) mass is 498 g/mol. The number of aromatic nitrogens is 4. The number of piperazine rings is 1. The summed E-state index contributed by atoms with van der Waals surface area (Å²) in [4.78, 5) is 21.8. The lowest BCUT2D eigenvalue weighted by atomic mass is 9.87. The van der Waals surface area contributed by atoms with E-state index >= 15 is 0 Å². The van der Waals surface area contributed by atoms with Gasteiger partial charge in [-0.3, -0.25) is 9.48 Å². The van der Waals surface area contributed by atoms with Gasteiger partial charge in [-0.2, -0.15) is 10.1 Å². The molecular formula is C29H34N6O2. The first-order chi connectivity index (χ1) is 17.7. The number of benzene rings is 2. The lowest BCUT2D eigenvalue weighted by molar-refractivity contribution is 0.0664. The highest BCUT2D eigenvalue weighted by Gasteiger charge is 2.21. The molecular weight excluding hydrogens is 464 g/mol. The van der Waals surface area contributed by atoms with E-state index in [4.69, 9.17) is 9.62 Å². The second kappa shape index (κ2) is 9.94. The normalized spacial score (nSPS) is 14.8. The van der Waals surface area contributed by atoms with Gasteiger partial charge in [0.2, 0.25) is 5.82 Å². The Morgan fingerprint density at radius 1 is 1.00 bits per heavy atom. The predicted molar refractivity (Wildman–Crippen MR) is 143 cm³/mol. The van der Waals surface area contributed by atoms with E-state index in [1.807, 2.05) is 59.0 Å². The molecule has 1 amide bonds. The Balaban J connectivity index is 1.30. The molecule has 0 N–H and O–H groups in total. The molecule has 5 rings (SSSR count). The van der Waals surface area contributed by atoms with Crippen LogP contribution in [0.3, 0.4) is 0 Å². The first-order valence-electron chi connectivity index (χ1n) is 12.7. The fourth-order valence-corrected chi connectivity index (χ4v) is 4.51. The van der Waals surface area contributed by atoms with Gasteiger partial charge in [-0.05, 0) is 48.7 Å². The molecule has 4 aromatic rings. The quantitative estimate of drug-likeness (QED) is 0.399. The topological polar surface area (TPSA) is 80.3 Å². The third kappa shape index (κ3) is 5.49. The fourth-order valence-electron chi connectivity index (χ4n) is 4.51. The molecule has 0 aliphatic carbocycles. The van der Waals surface area contributed by atoms with E-state index in [2.05, 4.69) is 55.0 Å². The Morgan fingerprint density at radius 3 is 2.43 bits per heavy atom. The van der Waals surface area contributed by atoms with Crippen LogP contribution in [0.25, 0.3) is 23.0 Å². The highest BCUT2D eigenvalue weighted by atomic mass is 16.5. The summed E-state index contributed by atoms with van der Waals surface area (Å²) in [7, 11) is 2.09. The van der Waals surface area contributed by atoms with E-state index in [0.717, 1.165) is 43.0 Å². The second-order valence-electron chi connectivity index (χ2n) is 10.9. The molecule has 2 aromatic carbocycles. The fraction of sp³-hybridized carbons (Fsp3) is 0.379. The Morgan fingerprint density at radius 2 is 1.73 bits per heavy atom. The van der Waals surface area contributed by atoms with E-state index in [-0.39, 0.29) is 11.3 Å². The molecule has 8 heteroatoms. The van der Waals surface area contributed by atoms with Gasteiger partial charge in [0.1, 0.15) is 0 Å². The predicted octanol–water partition coefficient (Wildman–Crippen LogP) is 4.64. The Kier molecular flexibility index (Phi) is 6.69. The van der Waals surface area contributed by atoms with Gasteiger partial charge in [0.25, 0.3) is 11.8 Å². The van der Waals surface area contributed by atoms with Gasteiger partial charge in [-0.1, -0.05) is 62.3 Å². The molecule has 192 valence electrons. The van der Waals surface area contributed by atoms with E-state index in [1.54, 1.807) is 0 Å². The Labute approximate surface area is 217 Å². The summed E-state index contributed by atoms with van der Waals surface area (Å²) in [6.45, 7) is 12.4. The minimum atomic E-state index is 0.0850. The maximum absolute atomic E-state index is 13.0. The maximum atomic E-state index is 13.0. The molecule has 0 atom stereocenters. The molecule has 0 radical (unpaired) electrons. The lowest BCUT2D eigenvalue weighted by Crippen LogP contribution is -2.47. The van der Waals surface area contributed by atoms with Crippen molar-refractivity contribution in [2.75, 3.05) is 33.2 Å². The molecule has 1 aliphatic heterocycles. The average molecular weight is 499 g/mol. The number of carbonyl (C=O) groups is 1. The largest absolute Gasteiger partial charge is 0.336 e. The van der Waals surface area contributed by atoms with Crippen molar-refractivity contribution < 1.29 is 9.32 Å². The SMILES string of the molecule is Cc1cc(-c2nc(-c3ccc(C(C)(C)C)cc3)no2)nn1Cc1cccc(C(=O)N2CCN(C)CC2)c1. The summed E-state index contributed by atoms with van der Waals surface area (Å²) >= 11 is 0. The van der Waals surface area contributed by atoms with Gasteiger partial charge in [-0.25, -0.2) is 0 Å². The smallest absolute Gasteiger partial charge is 0.278 e. The summed E-state index contributed by atoms with van der Waals surface area (Å²) in [6, 6.07) is 18.0. The van der Waals surface area contributed by atoms with Crippen molar-refractivity contribution in [2.24, 2.45) is 0 Å². The molecule has 8 nitrogen and oxygen atoms in total. The molecule has 1 aliphatic rings. The van der Waals surface area contributed by atoms with Crippen LogP contribution in [0.2, 0.25) is 0 Å². The van der Waals surface area contributed by atoms with Crippen molar-refractivity contribution in [1.29, 1.82) is 0 Å². The minimum absolute atomic E-state index is 0.0850. The molecule has 0 spiro atoms. The highest BCUT2D eigenvalue weighted by molar-refractivity contribution is 5.94. The molecule has 0 saturated carbocycles. The van der Waals surface area contributed by atoms with E-state index < -0.39 is 0 Å². The van der Waals surface area contributed by atoms with E-state index in [0.29, 0.717) is 29.5 Å². The van der Waals surface area contributed by atoms with Crippen LogP contribution in [0.5, 0.6) is 0 Å². The number of nitrogens with zero attached hydrogens (tertiary/aromatic N) is 6. The zero-order chi connectivity index (χ0) is 26.2. The van der Waals surface area contributed by atoms with Crippen molar-refractivity contribution in [3.63, 3.8) is 0 Å². The number of likely N-dealkylation sites (N-methyl/N-ethyl adjacent to an activating group) is 1. The number of amides is 1. The summed E-state index contributed by atoms with van der Waals surface area (Å²) in [5, 5.41) is 8.90. The number of carbonyl (C=O) groups excluding carboxylic acids is 1. The number of rotatable bonds is 5. The van der Waals surface area contributed by atoms with Crippen molar-refractivity contribution in [3.05, 3.63) is 77.0 Å². The van der Waals surface area contributed by atoms with Gasteiger partial charge in [0.15, 0.2) is 5.69 Å². The van der Waals surface area contributed by atoms with Crippen LogP contribution in [0.15, 0.2) is 59.1 Å². The molecule has 3 heterocycles. The zero-order valence-electron chi connectivity index (χ0n) is 22.2. The first-order valence-corrected chi connectivity index (χ1v) is 12.7. The minimum Gasteiger partial charge on any atom is -0.336 e. The van der Waals surface area contributed by atoms with Crippen molar-refractivity contribution >= 4 is 5.91 Å². The molecule has 1 fully saturated rings. The van der Waals surface area contributed by atoms with Gasteiger partial charge < -0.3 is 14.3 Å². The van der Waals surface area contributed by atoms with E-state index in [9.17, 15) is 4.79 Å². The van der Waals surface area contributed by atoms with Crippen LogP contribution in [-0.4, -0.2) is 68.9 Å². The molecule has 2 aromatic heterocycles. The summed E-state index contributed by atoms with van der Waals surface area (Å²) in [5.41, 5.74) is 5.58. The number of hydrogen-bond donors (Lipinski definition) is 0. The van der Waals surface area contributed by atoms with Gasteiger partial charge >= 0.3 is 0 Å². The summed E-state index contributed by atoms with van der Waals surface area (Å²) < 4.78 is 7.46. The lowest BCUT2D eigenvalue weighted by Gasteiger charge is -2.32. The standard InChI is InChI=1S/C29H34N6O2/c1-20-17-25(27-30-26(32-37-27)22-9-11-24(12-10-22)29(2,3)4)31-35(20)19-21-7-6-8-23(18-21)28(36)34-15-13-33(5)14-16-34/h6-12,17-18H,13-16,19H2,1-5H3. The average Bonchev–Trinajstić information content (AvgIpc) is 3.51. The van der Waals surface area contributed by atoms with Crippen LogP contribution in [-0.2, 0) is 12.0 Å². The van der Waals surface area contributed by atoms with Crippen LogP contribution < -0.4 is 0 Å². The van der Waals surface area contributed by atoms with Crippen LogP contribution >= 0.6 is 0 Å². The highest BCUT2D eigenvalue weighted by Crippen LogP contribution is 2.26. The van der Waals surface area contributed by atoms with Crippen molar-refractivity contribution in [1.82, 2.24) is 29.7 Å². The zero-order valence-corrected chi connectivity index (χ0v) is 22.2. The van der Waals surface area contributed by atoms with Crippen molar-refractivity contribution in [3.8, 4) is 23.0 Å². The summed E-state index contributed by atoms with van der Waals surface area (Å²) in [5.74, 6) is 1.01. The Hall–Kier alpha value is -3.78. The number of aryl methyl sites for hydroxylation is 1. The second-order valence-corrected chi connectivity index (χ2v) is 10.9. The van der Waals surface area contributed by atoms with E-state index in [1.165, 1.54) is 5.56 Å².